The number of ketones is 2. The van der Waals surface area contributed by atoms with Gasteiger partial charge >= 0.3 is 5.97 Å². The first-order valence-electron chi connectivity index (χ1n) is 11.3. The van der Waals surface area contributed by atoms with E-state index in [0.29, 0.717) is 48.4 Å². The van der Waals surface area contributed by atoms with Gasteiger partial charge in [-0.3, -0.25) is 24.2 Å². The summed E-state index contributed by atoms with van der Waals surface area (Å²) in [5.74, 6) is -2.45. The van der Waals surface area contributed by atoms with E-state index in [1.165, 1.54) is 11.8 Å². The quantitative estimate of drug-likeness (QED) is 0.316. The standard InChI is InChI=1S/C24H29N5O6/c1-14(31)3-4-16(23(34)35)11-20(32)15-5-7-17(8-6-15)29(13-30)12-18-9-10-19-21(28(18)2)22(33)27-24(25)26-19/h5-8,13,16,18H,3-4,9-12H2,1-2H3,(H,34,35)(H3,25,26,27,33). The number of aryl methyl sites for hydroxylation is 1. The molecular weight excluding hydrogens is 454 g/mol. The Labute approximate surface area is 201 Å². The first-order valence-corrected chi connectivity index (χ1v) is 11.3. The number of aromatic amines is 1. The number of nitrogens with two attached hydrogens (primary N) is 1. The number of nitrogen functional groups attached to an aromatic ring is 1. The fourth-order valence-corrected chi connectivity index (χ4v) is 4.27. The molecule has 2 unspecified atom stereocenters. The lowest BCUT2D eigenvalue weighted by Gasteiger charge is -2.36. The third-order valence-corrected chi connectivity index (χ3v) is 6.28. The van der Waals surface area contributed by atoms with Crippen molar-refractivity contribution in [3.05, 3.63) is 45.9 Å². The van der Waals surface area contributed by atoms with E-state index in [2.05, 4.69) is 9.97 Å². The van der Waals surface area contributed by atoms with Crippen LogP contribution in [0, 0.1) is 5.92 Å². The molecule has 1 aromatic carbocycles. The molecule has 35 heavy (non-hydrogen) atoms. The number of nitrogens with one attached hydrogen (secondary N) is 1. The van der Waals surface area contributed by atoms with E-state index in [1.807, 2.05) is 0 Å². The molecule has 1 aliphatic rings. The number of aliphatic carboxylic acids is 1. The van der Waals surface area contributed by atoms with Gasteiger partial charge in [0, 0.05) is 43.7 Å². The summed E-state index contributed by atoms with van der Waals surface area (Å²) in [7, 11) is 1.77. The second-order valence-electron chi connectivity index (χ2n) is 8.76. The Kier molecular flexibility index (Phi) is 8.00. The van der Waals surface area contributed by atoms with Crippen LogP contribution in [0.5, 0.6) is 0 Å². The number of aromatic nitrogens is 2. The molecule has 2 aromatic rings. The molecule has 2 atom stereocenters. The number of H-pyrrole nitrogens is 1. The van der Waals surface area contributed by atoms with Crippen LogP contribution in [0.3, 0.4) is 0 Å². The number of hydrogen-bond donors (Lipinski definition) is 3. The minimum atomic E-state index is -1.11. The fraction of sp³-hybridized carbons (Fsp3) is 0.417. The summed E-state index contributed by atoms with van der Waals surface area (Å²) in [5.41, 5.74) is 7.24. The van der Waals surface area contributed by atoms with Gasteiger partial charge in [0.25, 0.3) is 5.56 Å². The van der Waals surface area contributed by atoms with Crippen LogP contribution in [0.25, 0.3) is 0 Å². The Hall–Kier alpha value is -4.02. The highest BCUT2D eigenvalue weighted by molar-refractivity contribution is 5.98. The highest BCUT2D eigenvalue weighted by Crippen LogP contribution is 2.27. The molecule has 0 bridgehead atoms. The number of carbonyl (C=O) groups is 4. The summed E-state index contributed by atoms with van der Waals surface area (Å²) in [6.07, 6.45) is 1.90. The number of carbonyl (C=O) groups excluding carboxylic acids is 3. The molecule has 0 aliphatic carbocycles. The zero-order valence-electron chi connectivity index (χ0n) is 19.7. The predicted molar refractivity (Wildman–Crippen MR) is 130 cm³/mol. The molecule has 0 saturated heterocycles. The van der Waals surface area contributed by atoms with Crippen LogP contribution in [0.2, 0.25) is 0 Å². The SMILES string of the molecule is CC(=O)CCC(CC(=O)c1ccc(N(C=O)CC2CCc3nc(N)[nH]c(=O)c3N2C)cc1)C(=O)O. The van der Waals surface area contributed by atoms with Gasteiger partial charge in [-0.05, 0) is 50.5 Å². The summed E-state index contributed by atoms with van der Waals surface area (Å²) in [5, 5.41) is 9.36. The highest BCUT2D eigenvalue weighted by Gasteiger charge is 2.29. The topological polar surface area (TPSA) is 167 Å². The van der Waals surface area contributed by atoms with Crippen LogP contribution < -0.4 is 21.1 Å². The number of hydrogen-bond acceptors (Lipinski definition) is 8. The lowest BCUT2D eigenvalue weighted by atomic mass is 9.93. The number of carboxylic acids is 1. The molecule has 11 nitrogen and oxygen atoms in total. The van der Waals surface area contributed by atoms with Gasteiger partial charge in [0.2, 0.25) is 12.4 Å². The van der Waals surface area contributed by atoms with Crippen molar-refractivity contribution in [2.75, 3.05) is 29.1 Å². The molecular formula is C24H29N5O6. The van der Waals surface area contributed by atoms with Crippen molar-refractivity contribution in [3.63, 3.8) is 0 Å². The van der Waals surface area contributed by atoms with Gasteiger partial charge in [-0.15, -0.1) is 0 Å². The molecule has 1 aliphatic heterocycles. The zero-order valence-corrected chi connectivity index (χ0v) is 19.7. The molecule has 4 N–H and O–H groups in total. The number of carboxylic acid groups (broad SMARTS) is 1. The van der Waals surface area contributed by atoms with E-state index in [1.54, 1.807) is 36.2 Å². The Morgan fingerprint density at radius 3 is 2.60 bits per heavy atom. The monoisotopic (exact) mass is 483 g/mol. The molecule has 0 spiro atoms. The van der Waals surface area contributed by atoms with Gasteiger partial charge in [-0.2, -0.15) is 0 Å². The first kappa shape index (κ1) is 25.6. The maximum Gasteiger partial charge on any atom is 0.306 e. The third kappa shape index (κ3) is 6.11. The second-order valence-corrected chi connectivity index (χ2v) is 8.76. The Balaban J connectivity index is 1.69. The van der Waals surface area contributed by atoms with E-state index >= 15 is 0 Å². The van der Waals surface area contributed by atoms with Gasteiger partial charge in [-0.25, -0.2) is 4.98 Å². The van der Waals surface area contributed by atoms with Gasteiger partial charge in [0.05, 0.1) is 11.6 Å². The Bertz CT molecular complexity index is 1180. The number of Topliss-reactive ketones (excluding diaryl/α,β-unsaturated/α-hetero) is 2. The van der Waals surface area contributed by atoms with Crippen LogP contribution in [0.4, 0.5) is 17.3 Å². The van der Waals surface area contributed by atoms with Crippen LogP contribution in [-0.4, -0.2) is 58.7 Å². The van der Waals surface area contributed by atoms with E-state index in [9.17, 15) is 29.1 Å². The summed E-state index contributed by atoms with van der Waals surface area (Å²) < 4.78 is 0. The molecule has 0 radical (unpaired) electrons. The fourth-order valence-electron chi connectivity index (χ4n) is 4.27. The van der Waals surface area contributed by atoms with Gasteiger partial charge in [0.15, 0.2) is 5.78 Å². The van der Waals surface area contributed by atoms with Crippen LogP contribution in [0.15, 0.2) is 29.1 Å². The van der Waals surface area contributed by atoms with Crippen LogP contribution >= 0.6 is 0 Å². The third-order valence-electron chi connectivity index (χ3n) is 6.28. The molecule has 11 heteroatoms. The second kappa shape index (κ2) is 10.9. The van der Waals surface area contributed by atoms with Crippen molar-refractivity contribution in [1.82, 2.24) is 9.97 Å². The molecule has 1 amide bonds. The van der Waals surface area contributed by atoms with Gasteiger partial charge < -0.3 is 25.4 Å². The van der Waals surface area contributed by atoms with Crippen LogP contribution in [-0.2, 0) is 20.8 Å². The van der Waals surface area contributed by atoms with Crippen molar-refractivity contribution in [3.8, 4) is 0 Å². The Morgan fingerprint density at radius 1 is 1.31 bits per heavy atom. The largest absolute Gasteiger partial charge is 0.481 e. The molecule has 186 valence electrons. The van der Waals surface area contributed by atoms with E-state index in [-0.39, 0.29) is 48.4 Å². The van der Waals surface area contributed by atoms with Crippen LogP contribution in [0.1, 0.15) is 48.7 Å². The maximum atomic E-state index is 12.6. The van der Waals surface area contributed by atoms with Crippen molar-refractivity contribution in [1.29, 1.82) is 0 Å². The molecule has 1 aromatic heterocycles. The molecule has 0 fully saturated rings. The zero-order chi connectivity index (χ0) is 25.7. The lowest BCUT2D eigenvalue weighted by Crippen LogP contribution is -2.47. The van der Waals surface area contributed by atoms with Gasteiger partial charge in [-0.1, -0.05) is 0 Å². The molecule has 3 rings (SSSR count). The smallest absolute Gasteiger partial charge is 0.306 e. The number of rotatable bonds is 11. The normalized spacial score (nSPS) is 15.7. The maximum absolute atomic E-state index is 12.6. The first-order chi connectivity index (χ1) is 16.6. The summed E-state index contributed by atoms with van der Waals surface area (Å²) in [6, 6.07) is 6.21. The van der Waals surface area contributed by atoms with E-state index < -0.39 is 11.9 Å². The van der Waals surface area contributed by atoms with Crippen molar-refractivity contribution < 1.29 is 24.3 Å². The number of nitrogens with zero attached hydrogens (tertiary/aromatic N) is 3. The summed E-state index contributed by atoms with van der Waals surface area (Å²) in [6.45, 7) is 1.69. The minimum Gasteiger partial charge on any atom is -0.481 e. The highest BCUT2D eigenvalue weighted by atomic mass is 16.4. The average Bonchev–Trinajstić information content (AvgIpc) is 2.80. The number of amides is 1. The number of likely N-dealkylation sites (N-methyl/N-ethyl adjacent to an activating group) is 1. The number of anilines is 3. The van der Waals surface area contributed by atoms with Crippen molar-refractivity contribution in [2.45, 2.75) is 45.1 Å². The van der Waals surface area contributed by atoms with E-state index in [4.69, 9.17) is 5.73 Å². The lowest BCUT2D eigenvalue weighted by molar-refractivity contribution is -0.142. The summed E-state index contributed by atoms with van der Waals surface area (Å²) in [4.78, 5) is 69.5. The van der Waals surface area contributed by atoms with Gasteiger partial charge in [0.1, 0.15) is 11.5 Å². The number of benzene rings is 1. The Morgan fingerprint density at radius 2 is 2.00 bits per heavy atom. The number of fused-ring (bicyclic) bond motifs is 1. The molecule has 0 saturated carbocycles. The predicted octanol–water partition coefficient (Wildman–Crippen LogP) is 1.41. The van der Waals surface area contributed by atoms with Crippen molar-refractivity contribution in [2.24, 2.45) is 5.92 Å². The van der Waals surface area contributed by atoms with E-state index in [0.717, 1.165) is 0 Å². The summed E-state index contributed by atoms with van der Waals surface area (Å²) >= 11 is 0. The average molecular weight is 484 g/mol. The minimum absolute atomic E-state index is 0.0679. The molecule has 2 heterocycles. The van der Waals surface area contributed by atoms with Crippen molar-refractivity contribution >= 4 is 41.3 Å².